The SMILES string of the molecule is C=CCCCCCCCCCOc1ccc(C(=O)Oc2ccc(-c3ncc(OCCCCCCC)cn3)cc2)cc1. The Morgan fingerprint density at radius 2 is 1.22 bits per heavy atom. The Morgan fingerprint density at radius 1 is 0.683 bits per heavy atom. The Labute approximate surface area is 246 Å². The van der Waals surface area contributed by atoms with Gasteiger partial charge >= 0.3 is 5.97 Å². The maximum atomic E-state index is 12.6. The summed E-state index contributed by atoms with van der Waals surface area (Å²) >= 11 is 0. The van der Waals surface area contributed by atoms with Crippen molar-refractivity contribution in [1.82, 2.24) is 9.97 Å². The van der Waals surface area contributed by atoms with E-state index >= 15 is 0 Å². The van der Waals surface area contributed by atoms with Gasteiger partial charge in [0.2, 0.25) is 0 Å². The van der Waals surface area contributed by atoms with Gasteiger partial charge in [-0.3, -0.25) is 0 Å². The predicted octanol–water partition coefficient (Wildman–Crippen LogP) is 9.40. The molecule has 0 bridgehead atoms. The molecular formula is C35H46N2O4. The van der Waals surface area contributed by atoms with Crippen LogP contribution in [0, 0.1) is 0 Å². The van der Waals surface area contributed by atoms with Crippen molar-refractivity contribution in [2.75, 3.05) is 13.2 Å². The first-order valence-corrected chi connectivity index (χ1v) is 15.3. The van der Waals surface area contributed by atoms with Gasteiger partial charge in [-0.05, 0) is 74.2 Å². The van der Waals surface area contributed by atoms with Crippen molar-refractivity contribution in [3.63, 3.8) is 0 Å². The summed E-state index contributed by atoms with van der Waals surface area (Å²) in [6.45, 7) is 7.34. The van der Waals surface area contributed by atoms with E-state index < -0.39 is 5.97 Å². The van der Waals surface area contributed by atoms with Gasteiger partial charge in [-0.1, -0.05) is 70.8 Å². The number of esters is 1. The number of hydrogen-bond donors (Lipinski definition) is 0. The zero-order valence-electron chi connectivity index (χ0n) is 24.7. The standard InChI is InChI=1S/C35H46N2O4/c1-3-5-7-9-10-11-12-14-16-25-39-31-21-19-30(20-22-31)35(38)41-32-23-17-29(18-24-32)34-36-27-33(28-37-34)40-26-15-13-8-6-4-2/h3,17-24,27-28H,1,4-16,25-26H2,2H3. The molecule has 1 heterocycles. The van der Waals surface area contributed by atoms with Gasteiger partial charge in [-0.25, -0.2) is 14.8 Å². The van der Waals surface area contributed by atoms with E-state index in [4.69, 9.17) is 14.2 Å². The van der Waals surface area contributed by atoms with Crippen LogP contribution in [0.4, 0.5) is 0 Å². The van der Waals surface area contributed by atoms with Crippen LogP contribution in [0.15, 0.2) is 73.6 Å². The second-order valence-corrected chi connectivity index (χ2v) is 10.3. The molecule has 0 aliphatic carbocycles. The van der Waals surface area contributed by atoms with E-state index in [0.29, 0.717) is 36.1 Å². The molecule has 0 radical (unpaired) electrons. The lowest BCUT2D eigenvalue weighted by molar-refractivity contribution is 0.0734. The number of hydrogen-bond acceptors (Lipinski definition) is 6. The van der Waals surface area contributed by atoms with Gasteiger partial charge in [-0.15, -0.1) is 6.58 Å². The van der Waals surface area contributed by atoms with Gasteiger partial charge in [0.25, 0.3) is 0 Å². The smallest absolute Gasteiger partial charge is 0.343 e. The van der Waals surface area contributed by atoms with Crippen LogP contribution in [0.25, 0.3) is 11.4 Å². The molecule has 0 saturated heterocycles. The van der Waals surface area contributed by atoms with Crippen LogP contribution in [0.5, 0.6) is 17.2 Å². The molecule has 2 aromatic carbocycles. The topological polar surface area (TPSA) is 70.5 Å². The molecule has 0 spiro atoms. The fourth-order valence-electron chi connectivity index (χ4n) is 4.43. The first kappa shape index (κ1) is 31.9. The van der Waals surface area contributed by atoms with Crippen molar-refractivity contribution in [1.29, 1.82) is 0 Å². The average molecular weight is 559 g/mol. The van der Waals surface area contributed by atoms with Crippen molar-refractivity contribution >= 4 is 5.97 Å². The Balaban J connectivity index is 1.35. The Hall–Kier alpha value is -3.67. The molecule has 6 nitrogen and oxygen atoms in total. The van der Waals surface area contributed by atoms with Crippen LogP contribution in [-0.4, -0.2) is 29.2 Å². The van der Waals surface area contributed by atoms with Gasteiger partial charge in [-0.2, -0.15) is 0 Å². The zero-order chi connectivity index (χ0) is 29.0. The van der Waals surface area contributed by atoms with E-state index in [-0.39, 0.29) is 0 Å². The maximum absolute atomic E-state index is 12.6. The van der Waals surface area contributed by atoms with E-state index in [1.165, 1.54) is 64.2 Å². The number of carbonyl (C=O) groups excluding carboxylic acids is 1. The summed E-state index contributed by atoms with van der Waals surface area (Å²) in [6.07, 6.45) is 21.1. The van der Waals surface area contributed by atoms with Gasteiger partial charge in [0, 0.05) is 5.56 Å². The number of ether oxygens (including phenoxy) is 3. The molecule has 0 atom stereocenters. The quantitative estimate of drug-likeness (QED) is 0.0561. The highest BCUT2D eigenvalue weighted by Crippen LogP contribution is 2.22. The number of allylic oxidation sites excluding steroid dienone is 1. The molecule has 3 aromatic rings. The first-order chi connectivity index (χ1) is 20.2. The molecule has 0 amide bonds. The predicted molar refractivity (Wildman–Crippen MR) is 166 cm³/mol. The summed E-state index contributed by atoms with van der Waals surface area (Å²) < 4.78 is 17.1. The molecule has 0 aliphatic heterocycles. The molecule has 0 fully saturated rings. The highest BCUT2D eigenvalue weighted by molar-refractivity contribution is 5.91. The van der Waals surface area contributed by atoms with Crippen LogP contribution < -0.4 is 14.2 Å². The number of nitrogens with zero attached hydrogens (tertiary/aromatic N) is 2. The van der Waals surface area contributed by atoms with Crippen LogP contribution in [0.3, 0.4) is 0 Å². The normalized spacial score (nSPS) is 10.8. The fourth-order valence-corrected chi connectivity index (χ4v) is 4.43. The molecule has 0 aliphatic rings. The number of unbranched alkanes of at least 4 members (excludes halogenated alkanes) is 11. The van der Waals surface area contributed by atoms with Crippen LogP contribution in [0.1, 0.15) is 101 Å². The number of aromatic nitrogens is 2. The van der Waals surface area contributed by atoms with E-state index in [1.54, 1.807) is 36.7 Å². The van der Waals surface area contributed by atoms with Crippen LogP contribution >= 0.6 is 0 Å². The van der Waals surface area contributed by atoms with Gasteiger partial charge in [0.15, 0.2) is 11.6 Å². The third-order valence-electron chi connectivity index (χ3n) is 6.88. The highest BCUT2D eigenvalue weighted by Gasteiger charge is 2.10. The lowest BCUT2D eigenvalue weighted by atomic mass is 10.1. The molecule has 6 heteroatoms. The lowest BCUT2D eigenvalue weighted by Gasteiger charge is -2.08. The van der Waals surface area contributed by atoms with Crippen molar-refractivity contribution in [2.24, 2.45) is 0 Å². The molecular weight excluding hydrogens is 512 g/mol. The van der Waals surface area contributed by atoms with Crippen LogP contribution in [0.2, 0.25) is 0 Å². The summed E-state index contributed by atoms with van der Waals surface area (Å²) in [5, 5.41) is 0. The van der Waals surface area contributed by atoms with E-state index in [9.17, 15) is 4.79 Å². The van der Waals surface area contributed by atoms with Crippen molar-refractivity contribution in [3.05, 3.63) is 79.1 Å². The average Bonchev–Trinajstić information content (AvgIpc) is 3.01. The minimum Gasteiger partial charge on any atom is -0.494 e. The van der Waals surface area contributed by atoms with E-state index in [1.807, 2.05) is 30.3 Å². The summed E-state index contributed by atoms with van der Waals surface area (Å²) in [7, 11) is 0. The summed E-state index contributed by atoms with van der Waals surface area (Å²) in [6, 6.07) is 14.3. The number of carbonyl (C=O) groups is 1. The largest absolute Gasteiger partial charge is 0.494 e. The lowest BCUT2D eigenvalue weighted by Crippen LogP contribution is -2.08. The number of benzene rings is 2. The van der Waals surface area contributed by atoms with E-state index in [2.05, 4.69) is 23.5 Å². The molecule has 0 unspecified atom stereocenters. The Kier molecular flexibility index (Phi) is 15.1. The number of rotatable bonds is 21. The Morgan fingerprint density at radius 3 is 1.83 bits per heavy atom. The van der Waals surface area contributed by atoms with Gasteiger partial charge in [0.1, 0.15) is 11.5 Å². The molecule has 41 heavy (non-hydrogen) atoms. The van der Waals surface area contributed by atoms with Crippen molar-refractivity contribution in [2.45, 2.75) is 90.4 Å². The van der Waals surface area contributed by atoms with Crippen molar-refractivity contribution in [3.8, 4) is 28.6 Å². The molecule has 0 N–H and O–H groups in total. The minimum atomic E-state index is -0.412. The summed E-state index contributed by atoms with van der Waals surface area (Å²) in [4.78, 5) is 21.4. The zero-order valence-corrected chi connectivity index (χ0v) is 24.7. The first-order valence-electron chi connectivity index (χ1n) is 15.3. The summed E-state index contributed by atoms with van der Waals surface area (Å²) in [5.74, 6) is 2.08. The second kappa shape index (κ2) is 19.4. The highest BCUT2D eigenvalue weighted by atomic mass is 16.5. The summed E-state index contributed by atoms with van der Waals surface area (Å²) in [5.41, 5.74) is 1.31. The van der Waals surface area contributed by atoms with Crippen molar-refractivity contribution < 1.29 is 19.0 Å². The van der Waals surface area contributed by atoms with E-state index in [0.717, 1.165) is 30.6 Å². The van der Waals surface area contributed by atoms with Gasteiger partial charge in [0.05, 0.1) is 31.2 Å². The molecule has 3 rings (SSSR count). The minimum absolute atomic E-state index is 0.412. The third kappa shape index (κ3) is 12.6. The second-order valence-electron chi connectivity index (χ2n) is 10.3. The molecule has 0 saturated carbocycles. The molecule has 1 aromatic heterocycles. The molecule has 220 valence electrons. The Bertz CT molecular complexity index is 1130. The maximum Gasteiger partial charge on any atom is 0.343 e. The van der Waals surface area contributed by atoms with Gasteiger partial charge < -0.3 is 14.2 Å². The fraction of sp³-hybridized carbons (Fsp3) is 0.457. The third-order valence-corrected chi connectivity index (χ3v) is 6.88. The monoisotopic (exact) mass is 558 g/mol. The van der Waals surface area contributed by atoms with Crippen LogP contribution in [-0.2, 0) is 0 Å².